The van der Waals surface area contributed by atoms with Gasteiger partial charge in [-0.3, -0.25) is 9.59 Å². The lowest BCUT2D eigenvalue weighted by Crippen LogP contribution is -2.59. The van der Waals surface area contributed by atoms with Gasteiger partial charge in [-0.25, -0.2) is 0 Å². The molecule has 2 rings (SSSR count). The number of aliphatic hydroxyl groups is 1. The number of alkyl halides is 1. The second-order valence-electron chi connectivity index (χ2n) is 12.4. The Morgan fingerprint density at radius 1 is 1.18 bits per heavy atom. The molecule has 9 nitrogen and oxygen atoms in total. The summed E-state index contributed by atoms with van der Waals surface area (Å²) in [6, 6.07) is -0.0745. The average molecular weight is 669 g/mol. The third kappa shape index (κ3) is 8.81. The number of aliphatic hydroxyl groups excluding tert-OH is 1. The van der Waals surface area contributed by atoms with Crippen molar-refractivity contribution in [3.8, 4) is 0 Å². The number of esters is 1. The molecule has 0 aliphatic carbocycles. The lowest BCUT2D eigenvalue weighted by Gasteiger charge is -2.46. The van der Waals surface area contributed by atoms with Crippen LogP contribution in [0.2, 0.25) is 0 Å². The minimum absolute atomic E-state index is 0.0806. The smallest absolute Gasteiger partial charge is 0.319 e. The minimum Gasteiger partial charge on any atom is -0.463 e. The lowest BCUT2D eigenvalue weighted by atomic mass is 9.75. The molecule has 2 fully saturated rings. The number of cyclic esters (lactones) is 1. The third-order valence-electron chi connectivity index (χ3n) is 8.75. The summed E-state index contributed by atoms with van der Waals surface area (Å²) in [4.78, 5) is 31.5. The van der Waals surface area contributed by atoms with Crippen molar-refractivity contribution in [2.24, 2.45) is 11.3 Å². The zero-order valence-corrected chi connectivity index (χ0v) is 27.7. The number of carbonyl (C=O) groups excluding carboxylic acids is 2. The van der Waals surface area contributed by atoms with E-state index in [2.05, 4.69) is 34.5 Å². The van der Waals surface area contributed by atoms with Crippen molar-refractivity contribution in [2.45, 2.75) is 115 Å². The molecule has 0 aromatic heterocycles. The van der Waals surface area contributed by atoms with Gasteiger partial charge in [-0.05, 0) is 91.9 Å². The molecular weight excluding hydrogens is 615 g/mol. The number of methoxy groups -OCH3 is 1. The highest BCUT2D eigenvalue weighted by Gasteiger charge is 2.51. The molecule has 0 aromatic carbocycles. The standard InChI is InChI=1S/C29H53IN2O7/c1-19-17-22(31(6)7)23(33)26(38-19)39-25-20(2)24(34)28(3,4)27(35)37-18-21(13-10-11-15-30)32(8)16-12-14-29(25,5)36-9/h19-23,25-26,33H,10-18H2,1-9H3/t19-,20+,21-,22+,23-,25-,26+,29-/m1/s1. The van der Waals surface area contributed by atoms with Gasteiger partial charge >= 0.3 is 5.97 Å². The van der Waals surface area contributed by atoms with Crippen LogP contribution in [0.3, 0.4) is 0 Å². The Labute approximate surface area is 249 Å². The molecule has 1 N–H and O–H groups in total. The van der Waals surface area contributed by atoms with Gasteiger partial charge in [0.1, 0.15) is 18.1 Å². The van der Waals surface area contributed by atoms with Gasteiger partial charge in [-0.15, -0.1) is 0 Å². The van der Waals surface area contributed by atoms with E-state index in [-0.39, 0.29) is 30.6 Å². The van der Waals surface area contributed by atoms with Crippen molar-refractivity contribution in [1.82, 2.24) is 9.80 Å². The molecule has 8 atom stereocenters. The average Bonchev–Trinajstić information content (AvgIpc) is 2.88. The first-order valence-electron chi connectivity index (χ1n) is 14.4. The van der Waals surface area contributed by atoms with Gasteiger partial charge in [0.25, 0.3) is 0 Å². The van der Waals surface area contributed by atoms with E-state index in [1.165, 1.54) is 0 Å². The Morgan fingerprint density at radius 3 is 2.44 bits per heavy atom. The lowest BCUT2D eigenvalue weighted by molar-refractivity contribution is -0.295. The summed E-state index contributed by atoms with van der Waals surface area (Å²) in [7, 11) is 7.54. The van der Waals surface area contributed by atoms with Gasteiger partial charge in [0.15, 0.2) is 12.1 Å². The van der Waals surface area contributed by atoms with E-state index >= 15 is 0 Å². The summed E-state index contributed by atoms with van der Waals surface area (Å²) in [6.45, 7) is 9.98. The predicted molar refractivity (Wildman–Crippen MR) is 160 cm³/mol. The molecule has 0 aromatic rings. The Bertz CT molecular complexity index is 798. The molecule has 0 spiro atoms. The molecule has 0 bridgehead atoms. The number of hydrogen-bond donors (Lipinski definition) is 1. The summed E-state index contributed by atoms with van der Waals surface area (Å²) in [6.07, 6.45) is 2.44. The van der Waals surface area contributed by atoms with E-state index in [0.29, 0.717) is 12.8 Å². The van der Waals surface area contributed by atoms with Crippen LogP contribution in [0.4, 0.5) is 0 Å². The van der Waals surface area contributed by atoms with Crippen LogP contribution in [0, 0.1) is 11.3 Å². The maximum atomic E-state index is 14.0. The maximum absolute atomic E-state index is 14.0. The van der Waals surface area contributed by atoms with Crippen molar-refractivity contribution in [3.63, 3.8) is 0 Å². The number of nitrogens with zero attached hydrogens (tertiary/aromatic N) is 2. The van der Waals surface area contributed by atoms with Crippen molar-refractivity contribution in [1.29, 1.82) is 0 Å². The quantitative estimate of drug-likeness (QED) is 0.137. The molecule has 2 saturated heterocycles. The molecule has 39 heavy (non-hydrogen) atoms. The molecule has 0 amide bonds. The fourth-order valence-corrected chi connectivity index (χ4v) is 6.42. The summed E-state index contributed by atoms with van der Waals surface area (Å²) >= 11 is 2.38. The Hall–Kier alpha value is -0.370. The molecule has 10 heteroatoms. The number of Topliss-reactive ketones (excluding diaryl/α,β-unsaturated/α-hetero) is 1. The van der Waals surface area contributed by atoms with Crippen molar-refractivity contribution < 1.29 is 33.6 Å². The van der Waals surface area contributed by atoms with Gasteiger partial charge in [-0.1, -0.05) is 35.9 Å². The van der Waals surface area contributed by atoms with E-state index < -0.39 is 41.4 Å². The van der Waals surface area contributed by atoms with E-state index in [0.717, 1.165) is 36.7 Å². The van der Waals surface area contributed by atoms with Crippen molar-refractivity contribution in [3.05, 3.63) is 0 Å². The molecule has 0 radical (unpaired) electrons. The number of halogens is 1. The van der Waals surface area contributed by atoms with Crippen LogP contribution in [-0.2, 0) is 28.5 Å². The highest BCUT2D eigenvalue weighted by Crippen LogP contribution is 2.37. The largest absolute Gasteiger partial charge is 0.463 e. The summed E-state index contributed by atoms with van der Waals surface area (Å²) in [5, 5.41) is 11.2. The summed E-state index contributed by atoms with van der Waals surface area (Å²) in [5.41, 5.74) is -2.24. The topological polar surface area (TPSA) is 97.8 Å². The second-order valence-corrected chi connectivity index (χ2v) is 13.5. The molecule has 0 unspecified atom stereocenters. The summed E-state index contributed by atoms with van der Waals surface area (Å²) in [5.74, 6) is -1.53. The number of ether oxygens (including phenoxy) is 4. The fraction of sp³-hybridized carbons (Fsp3) is 0.931. The number of carbonyl (C=O) groups is 2. The van der Waals surface area contributed by atoms with Crippen molar-refractivity contribution in [2.75, 3.05) is 45.8 Å². The van der Waals surface area contributed by atoms with Gasteiger partial charge in [0, 0.05) is 25.1 Å². The zero-order chi connectivity index (χ0) is 29.5. The number of likely N-dealkylation sites (N-methyl/N-ethyl adjacent to an activating group) is 2. The van der Waals surface area contributed by atoms with Crippen LogP contribution in [0.15, 0.2) is 0 Å². The Balaban J connectivity index is 2.43. The van der Waals surface area contributed by atoms with E-state index in [1.54, 1.807) is 27.9 Å². The number of unbranched alkanes of at least 4 members (excludes halogenated alkanes) is 1. The molecule has 2 aliphatic rings. The molecular formula is C29H53IN2O7. The minimum atomic E-state index is -1.37. The highest BCUT2D eigenvalue weighted by molar-refractivity contribution is 14.1. The molecule has 2 aliphatic heterocycles. The van der Waals surface area contributed by atoms with Crippen LogP contribution >= 0.6 is 22.6 Å². The van der Waals surface area contributed by atoms with Crippen LogP contribution in [0.1, 0.15) is 73.1 Å². The highest BCUT2D eigenvalue weighted by atomic mass is 127. The van der Waals surface area contributed by atoms with Crippen LogP contribution in [-0.4, -0.2) is 115 Å². The molecule has 2 heterocycles. The first kappa shape index (κ1) is 34.8. The van der Waals surface area contributed by atoms with Gasteiger partial charge < -0.3 is 33.9 Å². The maximum Gasteiger partial charge on any atom is 0.319 e. The van der Waals surface area contributed by atoms with Gasteiger partial charge in [0.2, 0.25) is 0 Å². The van der Waals surface area contributed by atoms with Gasteiger partial charge in [0.05, 0.1) is 17.8 Å². The first-order chi connectivity index (χ1) is 18.2. The van der Waals surface area contributed by atoms with Crippen molar-refractivity contribution >= 4 is 34.3 Å². The number of rotatable bonds is 8. The molecule has 0 saturated carbocycles. The first-order valence-corrected chi connectivity index (χ1v) is 15.9. The normalized spacial score (nSPS) is 37.6. The van der Waals surface area contributed by atoms with Crippen LogP contribution in [0.25, 0.3) is 0 Å². The monoisotopic (exact) mass is 668 g/mol. The SMILES string of the molecule is CO[C@]1(C)CCCN(C)[C@H](CCCCI)COC(=O)C(C)(C)C(=O)[C@H](C)[C@H]1O[C@@H]1O[C@H](C)C[C@H](N(C)C)[C@H]1O. The van der Waals surface area contributed by atoms with Crippen LogP contribution < -0.4 is 0 Å². The molecule has 228 valence electrons. The van der Waals surface area contributed by atoms with E-state index in [4.69, 9.17) is 18.9 Å². The number of hydrogen-bond acceptors (Lipinski definition) is 9. The Kier molecular flexibility index (Phi) is 13.6. The van der Waals surface area contributed by atoms with E-state index in [1.807, 2.05) is 32.8 Å². The fourth-order valence-electron chi connectivity index (χ4n) is 5.88. The third-order valence-corrected chi connectivity index (χ3v) is 9.52. The van der Waals surface area contributed by atoms with E-state index in [9.17, 15) is 14.7 Å². The predicted octanol–water partition coefficient (Wildman–Crippen LogP) is 3.68. The summed E-state index contributed by atoms with van der Waals surface area (Å²) < 4.78 is 25.6. The number of ketones is 1. The Morgan fingerprint density at radius 2 is 1.85 bits per heavy atom. The van der Waals surface area contributed by atoms with Crippen LogP contribution in [0.5, 0.6) is 0 Å². The van der Waals surface area contributed by atoms with Gasteiger partial charge in [-0.2, -0.15) is 0 Å². The zero-order valence-electron chi connectivity index (χ0n) is 25.6. The second kappa shape index (κ2) is 15.2.